The summed E-state index contributed by atoms with van der Waals surface area (Å²) in [5.41, 5.74) is 0.971. The normalized spacial score (nSPS) is 11.9. The molecule has 0 radical (unpaired) electrons. The first-order valence-corrected chi connectivity index (χ1v) is 10.0. The molecule has 0 saturated heterocycles. The van der Waals surface area contributed by atoms with Crippen LogP contribution < -0.4 is 10.0 Å². The molecule has 7 nitrogen and oxygen atoms in total. The van der Waals surface area contributed by atoms with Crippen LogP contribution in [-0.2, 0) is 31.2 Å². The second-order valence-electron chi connectivity index (χ2n) is 4.69. The van der Waals surface area contributed by atoms with Crippen LogP contribution in [0.15, 0.2) is 24.3 Å². The van der Waals surface area contributed by atoms with Gasteiger partial charge in [0.05, 0.1) is 17.7 Å². The van der Waals surface area contributed by atoms with Crippen molar-refractivity contribution in [1.82, 2.24) is 5.32 Å². The Balaban J connectivity index is 2.65. The van der Waals surface area contributed by atoms with Gasteiger partial charge < -0.3 is 5.32 Å². The SMILES string of the molecule is CS(=O)(=O)CCC(=O)NCc1ccccc1NS(C)(=O)=O. The summed E-state index contributed by atoms with van der Waals surface area (Å²) in [6.07, 6.45) is 1.97. The molecular formula is C12H18N2O5S2. The number of benzene rings is 1. The van der Waals surface area contributed by atoms with E-state index in [0.717, 1.165) is 12.5 Å². The first-order chi connectivity index (χ1) is 9.57. The van der Waals surface area contributed by atoms with Gasteiger partial charge in [0.2, 0.25) is 15.9 Å². The number of hydrogen-bond acceptors (Lipinski definition) is 5. The summed E-state index contributed by atoms with van der Waals surface area (Å²) in [6.45, 7) is 0.112. The maximum absolute atomic E-state index is 11.5. The lowest BCUT2D eigenvalue weighted by molar-refractivity contribution is -0.120. The molecule has 0 spiro atoms. The van der Waals surface area contributed by atoms with E-state index in [1.807, 2.05) is 0 Å². The van der Waals surface area contributed by atoms with E-state index in [0.29, 0.717) is 11.3 Å². The molecule has 0 bridgehead atoms. The zero-order chi connectivity index (χ0) is 16.1. The fourth-order valence-electron chi connectivity index (χ4n) is 1.53. The lowest BCUT2D eigenvalue weighted by Gasteiger charge is -2.11. The predicted octanol–water partition coefficient (Wildman–Crippen LogP) is 0.109. The van der Waals surface area contributed by atoms with Crippen molar-refractivity contribution < 1.29 is 21.6 Å². The summed E-state index contributed by atoms with van der Waals surface area (Å²) in [5, 5.41) is 2.56. The van der Waals surface area contributed by atoms with E-state index in [1.165, 1.54) is 0 Å². The molecule has 0 saturated carbocycles. The Morgan fingerprint density at radius 3 is 2.29 bits per heavy atom. The Kier molecular flexibility index (Phi) is 5.73. The van der Waals surface area contributed by atoms with Crippen molar-refractivity contribution in [3.05, 3.63) is 29.8 Å². The van der Waals surface area contributed by atoms with Crippen LogP contribution >= 0.6 is 0 Å². The molecule has 1 rings (SSSR count). The number of amides is 1. The Morgan fingerprint density at radius 2 is 1.71 bits per heavy atom. The first kappa shape index (κ1) is 17.4. The molecule has 118 valence electrons. The molecule has 0 aliphatic heterocycles. The van der Waals surface area contributed by atoms with Crippen molar-refractivity contribution in [3.63, 3.8) is 0 Å². The van der Waals surface area contributed by atoms with Crippen molar-refractivity contribution in [3.8, 4) is 0 Å². The average Bonchev–Trinajstić information content (AvgIpc) is 2.32. The third-order valence-corrected chi connectivity index (χ3v) is 4.03. The molecular weight excluding hydrogens is 316 g/mol. The fourth-order valence-corrected chi connectivity index (χ4v) is 2.69. The van der Waals surface area contributed by atoms with E-state index in [-0.39, 0.29) is 18.7 Å². The van der Waals surface area contributed by atoms with E-state index >= 15 is 0 Å². The molecule has 0 aliphatic carbocycles. The van der Waals surface area contributed by atoms with Crippen LogP contribution in [0.1, 0.15) is 12.0 Å². The average molecular weight is 334 g/mol. The van der Waals surface area contributed by atoms with E-state index in [4.69, 9.17) is 0 Å². The van der Waals surface area contributed by atoms with Gasteiger partial charge in [0.25, 0.3) is 0 Å². The van der Waals surface area contributed by atoms with Gasteiger partial charge in [-0.3, -0.25) is 9.52 Å². The minimum absolute atomic E-state index is 0.112. The number of hydrogen-bond donors (Lipinski definition) is 2. The summed E-state index contributed by atoms with van der Waals surface area (Å²) in [5.74, 6) is -0.628. The quantitative estimate of drug-likeness (QED) is 0.735. The Labute approximate surface area is 124 Å². The lowest BCUT2D eigenvalue weighted by atomic mass is 10.2. The molecule has 21 heavy (non-hydrogen) atoms. The summed E-state index contributed by atoms with van der Waals surface area (Å²) in [6, 6.07) is 6.64. The van der Waals surface area contributed by atoms with E-state index in [1.54, 1.807) is 24.3 Å². The number of nitrogens with one attached hydrogen (secondary N) is 2. The van der Waals surface area contributed by atoms with Gasteiger partial charge in [-0.2, -0.15) is 0 Å². The second kappa shape index (κ2) is 6.90. The highest BCUT2D eigenvalue weighted by atomic mass is 32.2. The maximum Gasteiger partial charge on any atom is 0.229 e. The largest absolute Gasteiger partial charge is 0.352 e. The number of carbonyl (C=O) groups is 1. The van der Waals surface area contributed by atoms with Crippen molar-refractivity contribution in [2.45, 2.75) is 13.0 Å². The van der Waals surface area contributed by atoms with Crippen LogP contribution in [0.25, 0.3) is 0 Å². The van der Waals surface area contributed by atoms with Gasteiger partial charge >= 0.3 is 0 Å². The van der Waals surface area contributed by atoms with Crippen molar-refractivity contribution in [2.24, 2.45) is 0 Å². The zero-order valence-corrected chi connectivity index (χ0v) is 13.4. The van der Waals surface area contributed by atoms with Gasteiger partial charge in [-0.1, -0.05) is 18.2 Å². The molecule has 0 aliphatic rings. The molecule has 1 amide bonds. The minimum Gasteiger partial charge on any atom is -0.352 e. The Morgan fingerprint density at radius 1 is 1.10 bits per heavy atom. The highest BCUT2D eigenvalue weighted by molar-refractivity contribution is 7.92. The number of sulfone groups is 1. The highest BCUT2D eigenvalue weighted by Crippen LogP contribution is 2.15. The zero-order valence-electron chi connectivity index (χ0n) is 11.8. The molecule has 2 N–H and O–H groups in total. The van der Waals surface area contributed by atoms with Gasteiger partial charge in [-0.25, -0.2) is 16.8 Å². The molecule has 0 fully saturated rings. The second-order valence-corrected chi connectivity index (χ2v) is 8.70. The van der Waals surface area contributed by atoms with Gasteiger partial charge in [0, 0.05) is 19.2 Å². The van der Waals surface area contributed by atoms with Crippen LogP contribution in [0.3, 0.4) is 0 Å². The van der Waals surface area contributed by atoms with E-state index in [9.17, 15) is 21.6 Å². The molecule has 9 heteroatoms. The maximum atomic E-state index is 11.5. The third-order valence-electron chi connectivity index (χ3n) is 2.49. The van der Waals surface area contributed by atoms with Gasteiger partial charge in [-0.15, -0.1) is 0 Å². The van der Waals surface area contributed by atoms with Crippen molar-refractivity contribution in [1.29, 1.82) is 0 Å². The van der Waals surface area contributed by atoms with Gasteiger partial charge in [-0.05, 0) is 11.6 Å². The number of para-hydroxylation sites is 1. The summed E-state index contributed by atoms with van der Waals surface area (Å²) < 4.78 is 46.8. The highest BCUT2D eigenvalue weighted by Gasteiger charge is 2.10. The van der Waals surface area contributed by atoms with Gasteiger partial charge in [0.15, 0.2) is 0 Å². The molecule has 0 atom stereocenters. The molecule has 1 aromatic rings. The van der Waals surface area contributed by atoms with E-state index < -0.39 is 25.8 Å². The van der Waals surface area contributed by atoms with Gasteiger partial charge in [0.1, 0.15) is 9.84 Å². The van der Waals surface area contributed by atoms with Crippen LogP contribution in [0.2, 0.25) is 0 Å². The molecule has 0 aromatic heterocycles. The number of carbonyl (C=O) groups excluding carboxylic acids is 1. The van der Waals surface area contributed by atoms with Crippen molar-refractivity contribution in [2.75, 3.05) is 23.0 Å². The monoisotopic (exact) mass is 334 g/mol. The first-order valence-electron chi connectivity index (χ1n) is 6.07. The van der Waals surface area contributed by atoms with Crippen LogP contribution in [-0.4, -0.2) is 41.0 Å². The van der Waals surface area contributed by atoms with E-state index in [2.05, 4.69) is 10.0 Å². The Bertz CT molecular complexity index is 711. The fraction of sp³-hybridized carbons (Fsp3) is 0.417. The third kappa shape index (κ3) is 7.66. The number of sulfonamides is 1. The number of rotatable bonds is 7. The number of anilines is 1. The smallest absolute Gasteiger partial charge is 0.229 e. The van der Waals surface area contributed by atoms with Crippen molar-refractivity contribution >= 4 is 31.5 Å². The lowest BCUT2D eigenvalue weighted by Crippen LogP contribution is -2.25. The molecule has 0 heterocycles. The van der Waals surface area contributed by atoms with Crippen LogP contribution in [0.5, 0.6) is 0 Å². The summed E-state index contributed by atoms with van der Waals surface area (Å²) in [7, 11) is -6.60. The summed E-state index contributed by atoms with van der Waals surface area (Å²) >= 11 is 0. The topological polar surface area (TPSA) is 109 Å². The predicted molar refractivity (Wildman–Crippen MR) is 81.1 cm³/mol. The standard InChI is InChI=1S/C12H18N2O5S2/c1-20(16,17)8-7-12(15)13-9-10-5-3-4-6-11(10)14-21(2,18)19/h3-6,14H,7-9H2,1-2H3,(H,13,15). The molecule has 0 unspecified atom stereocenters. The van der Waals surface area contributed by atoms with Crippen LogP contribution in [0, 0.1) is 0 Å². The Hall–Kier alpha value is -1.61. The summed E-state index contributed by atoms with van der Waals surface area (Å²) in [4.78, 5) is 11.5. The minimum atomic E-state index is -3.41. The molecule has 1 aromatic carbocycles. The van der Waals surface area contributed by atoms with Crippen LogP contribution in [0.4, 0.5) is 5.69 Å².